The summed E-state index contributed by atoms with van der Waals surface area (Å²) in [4.78, 5) is 0. The maximum atomic E-state index is 3.79. The second-order valence-electron chi connectivity index (χ2n) is 4.03. The van der Waals surface area contributed by atoms with Gasteiger partial charge in [0.25, 0.3) is 0 Å². The number of benzene rings is 1. The van der Waals surface area contributed by atoms with Crippen LogP contribution in [0.3, 0.4) is 0 Å². The fourth-order valence-electron chi connectivity index (χ4n) is 1.75. The fraction of sp³-hybridized carbons (Fsp3) is 0.333. The Morgan fingerprint density at radius 2 is 1.65 bits per heavy atom. The highest BCUT2D eigenvalue weighted by Crippen LogP contribution is 2.08. The van der Waals surface area contributed by atoms with Gasteiger partial charge in [-0.2, -0.15) is 0 Å². The van der Waals surface area contributed by atoms with Crippen LogP contribution in [0.2, 0.25) is 0 Å². The van der Waals surface area contributed by atoms with Crippen molar-refractivity contribution >= 4 is 24.0 Å². The van der Waals surface area contributed by atoms with Crippen molar-refractivity contribution in [3.63, 3.8) is 0 Å². The number of hydrogen-bond donors (Lipinski definition) is 1. The largest absolute Gasteiger partial charge is 0.312 e. The molecule has 0 saturated carbocycles. The van der Waals surface area contributed by atoms with Crippen molar-refractivity contribution in [2.24, 2.45) is 5.92 Å². The first kappa shape index (κ1) is 16.4. The van der Waals surface area contributed by atoms with Crippen molar-refractivity contribution in [3.05, 3.63) is 61.2 Å². The first-order chi connectivity index (χ1) is 7.86. The standard InChI is InChI=1S/C15H21N.HI/c1-3-8-14(9-4-2)12-16-13-15-10-6-5-7-11-15;/h3-7,10-11,14,16H,1-2,8-9,12-13H2;1H. The number of nitrogens with one attached hydrogen (secondary N) is 1. The lowest BCUT2D eigenvalue weighted by atomic mass is 10.0. The number of hydrogen-bond acceptors (Lipinski definition) is 1. The number of allylic oxidation sites excluding steroid dienone is 2. The van der Waals surface area contributed by atoms with Gasteiger partial charge in [0.1, 0.15) is 0 Å². The Kier molecular flexibility index (Phi) is 10.2. The Labute approximate surface area is 122 Å². The Bertz CT molecular complexity index is 298. The zero-order valence-electron chi connectivity index (χ0n) is 10.3. The topological polar surface area (TPSA) is 12.0 Å². The third kappa shape index (κ3) is 7.34. The third-order valence-electron chi connectivity index (χ3n) is 2.60. The molecule has 0 radical (unpaired) electrons. The van der Waals surface area contributed by atoms with E-state index >= 15 is 0 Å². The van der Waals surface area contributed by atoms with Crippen LogP contribution in [0, 0.1) is 5.92 Å². The van der Waals surface area contributed by atoms with Crippen LogP contribution in [0.25, 0.3) is 0 Å². The molecule has 0 spiro atoms. The molecule has 0 aliphatic heterocycles. The van der Waals surface area contributed by atoms with Crippen molar-refractivity contribution in [2.45, 2.75) is 19.4 Å². The molecule has 0 heterocycles. The van der Waals surface area contributed by atoms with Crippen LogP contribution in [0.5, 0.6) is 0 Å². The highest BCUT2D eigenvalue weighted by atomic mass is 127. The van der Waals surface area contributed by atoms with Crippen LogP contribution in [-0.2, 0) is 6.54 Å². The first-order valence-electron chi connectivity index (χ1n) is 5.83. The average Bonchev–Trinajstić information content (AvgIpc) is 2.31. The maximum Gasteiger partial charge on any atom is 0.0205 e. The second-order valence-corrected chi connectivity index (χ2v) is 4.03. The van der Waals surface area contributed by atoms with Gasteiger partial charge in [-0.1, -0.05) is 42.5 Å². The van der Waals surface area contributed by atoms with Gasteiger partial charge in [0.05, 0.1) is 0 Å². The quantitative estimate of drug-likeness (QED) is 0.552. The number of halogens is 1. The van der Waals surface area contributed by atoms with E-state index in [0.717, 1.165) is 25.9 Å². The summed E-state index contributed by atoms with van der Waals surface area (Å²) in [6.45, 7) is 9.53. The zero-order chi connectivity index (χ0) is 11.6. The van der Waals surface area contributed by atoms with Gasteiger partial charge < -0.3 is 5.32 Å². The lowest BCUT2D eigenvalue weighted by molar-refractivity contribution is 0.485. The SMILES string of the molecule is C=CCC(CC=C)CNCc1ccccc1.I. The fourth-order valence-corrected chi connectivity index (χ4v) is 1.75. The van der Waals surface area contributed by atoms with E-state index in [4.69, 9.17) is 0 Å². The van der Waals surface area contributed by atoms with E-state index in [1.54, 1.807) is 0 Å². The van der Waals surface area contributed by atoms with E-state index in [1.165, 1.54) is 5.56 Å². The van der Waals surface area contributed by atoms with Gasteiger partial charge in [-0.3, -0.25) is 0 Å². The molecule has 1 rings (SSSR count). The molecule has 17 heavy (non-hydrogen) atoms. The predicted octanol–water partition coefficient (Wildman–Crippen LogP) is 4.16. The van der Waals surface area contributed by atoms with Crippen LogP contribution in [0.1, 0.15) is 18.4 Å². The molecular weight excluding hydrogens is 321 g/mol. The van der Waals surface area contributed by atoms with Crippen molar-refractivity contribution in [2.75, 3.05) is 6.54 Å². The zero-order valence-corrected chi connectivity index (χ0v) is 12.6. The van der Waals surface area contributed by atoms with Gasteiger partial charge in [-0.15, -0.1) is 37.1 Å². The van der Waals surface area contributed by atoms with Crippen LogP contribution in [0.15, 0.2) is 55.6 Å². The van der Waals surface area contributed by atoms with E-state index in [0.29, 0.717) is 5.92 Å². The predicted molar refractivity (Wildman–Crippen MR) is 86.7 cm³/mol. The summed E-state index contributed by atoms with van der Waals surface area (Å²) in [6, 6.07) is 10.5. The minimum absolute atomic E-state index is 0. The Morgan fingerprint density at radius 3 is 2.18 bits per heavy atom. The number of rotatable bonds is 8. The summed E-state index contributed by atoms with van der Waals surface area (Å²) in [6.07, 6.45) is 6.07. The Balaban J connectivity index is 0.00000256. The molecule has 1 N–H and O–H groups in total. The molecule has 0 fully saturated rings. The normalized spacial score (nSPS) is 9.71. The Morgan fingerprint density at radius 1 is 1.06 bits per heavy atom. The summed E-state index contributed by atoms with van der Waals surface area (Å²) in [7, 11) is 0. The van der Waals surface area contributed by atoms with E-state index in [-0.39, 0.29) is 24.0 Å². The van der Waals surface area contributed by atoms with Gasteiger partial charge in [0, 0.05) is 6.54 Å². The van der Waals surface area contributed by atoms with E-state index in [9.17, 15) is 0 Å². The highest BCUT2D eigenvalue weighted by molar-refractivity contribution is 14.0. The molecule has 0 saturated heterocycles. The van der Waals surface area contributed by atoms with E-state index in [1.807, 2.05) is 18.2 Å². The minimum atomic E-state index is 0. The second kappa shape index (κ2) is 10.5. The summed E-state index contributed by atoms with van der Waals surface area (Å²) in [5, 5.41) is 3.48. The molecule has 1 nitrogen and oxygen atoms in total. The molecule has 0 aromatic heterocycles. The lowest BCUT2D eigenvalue weighted by Gasteiger charge is -2.13. The van der Waals surface area contributed by atoms with Gasteiger partial charge in [-0.05, 0) is 30.9 Å². The highest BCUT2D eigenvalue weighted by Gasteiger charge is 2.03. The minimum Gasteiger partial charge on any atom is -0.312 e. The van der Waals surface area contributed by atoms with Gasteiger partial charge >= 0.3 is 0 Å². The molecule has 1 aromatic carbocycles. The van der Waals surface area contributed by atoms with Crippen LogP contribution >= 0.6 is 24.0 Å². The summed E-state index contributed by atoms with van der Waals surface area (Å²) in [5.41, 5.74) is 1.33. The monoisotopic (exact) mass is 343 g/mol. The lowest BCUT2D eigenvalue weighted by Crippen LogP contribution is -2.21. The smallest absolute Gasteiger partial charge is 0.0205 e. The summed E-state index contributed by atoms with van der Waals surface area (Å²) >= 11 is 0. The van der Waals surface area contributed by atoms with Gasteiger partial charge in [0.2, 0.25) is 0 Å². The van der Waals surface area contributed by atoms with Crippen LogP contribution in [0.4, 0.5) is 0 Å². The van der Waals surface area contributed by atoms with E-state index < -0.39 is 0 Å². The maximum absolute atomic E-state index is 3.79. The van der Waals surface area contributed by atoms with Crippen LogP contribution < -0.4 is 5.32 Å². The molecule has 0 bridgehead atoms. The molecule has 0 aliphatic carbocycles. The summed E-state index contributed by atoms with van der Waals surface area (Å²) in [5.74, 6) is 0.624. The van der Waals surface area contributed by atoms with Crippen LogP contribution in [-0.4, -0.2) is 6.54 Å². The molecule has 94 valence electrons. The molecular formula is C15H22IN. The molecule has 0 atom stereocenters. The summed E-state index contributed by atoms with van der Waals surface area (Å²) < 4.78 is 0. The first-order valence-corrected chi connectivity index (χ1v) is 5.83. The van der Waals surface area contributed by atoms with Crippen molar-refractivity contribution < 1.29 is 0 Å². The molecule has 0 unspecified atom stereocenters. The molecule has 0 aliphatic rings. The Hall–Kier alpha value is -0.610. The van der Waals surface area contributed by atoms with Crippen molar-refractivity contribution in [1.82, 2.24) is 5.32 Å². The third-order valence-corrected chi connectivity index (χ3v) is 2.60. The molecule has 1 aromatic rings. The molecule has 0 amide bonds. The van der Waals surface area contributed by atoms with E-state index in [2.05, 4.69) is 42.7 Å². The van der Waals surface area contributed by atoms with Gasteiger partial charge in [-0.25, -0.2) is 0 Å². The molecule has 2 heteroatoms. The van der Waals surface area contributed by atoms with Gasteiger partial charge in [0.15, 0.2) is 0 Å². The van der Waals surface area contributed by atoms with Crippen molar-refractivity contribution in [1.29, 1.82) is 0 Å². The average molecular weight is 343 g/mol. The van der Waals surface area contributed by atoms with Crippen molar-refractivity contribution in [3.8, 4) is 0 Å².